The molecule has 1 atom stereocenters. The third-order valence-electron chi connectivity index (χ3n) is 4.71. The minimum Gasteiger partial charge on any atom is -0.494 e. The maximum Gasteiger partial charge on any atom is 0.242 e. The first-order chi connectivity index (χ1) is 14.8. The fraction of sp³-hybridized carbons (Fsp3) is 0.417. The maximum atomic E-state index is 13.0. The second-order valence-electron chi connectivity index (χ2n) is 7.87. The zero-order valence-electron chi connectivity index (χ0n) is 18.2. The summed E-state index contributed by atoms with van der Waals surface area (Å²) in [5.74, 6) is 0.834. The highest BCUT2D eigenvalue weighted by molar-refractivity contribution is 9.10. The molecule has 0 spiro atoms. The second-order valence-corrected chi connectivity index (χ2v) is 9.22. The summed E-state index contributed by atoms with van der Waals surface area (Å²) in [4.78, 5) is 27.3. The van der Waals surface area contributed by atoms with Crippen LogP contribution < -0.4 is 10.1 Å². The van der Waals surface area contributed by atoms with Gasteiger partial charge in [-0.1, -0.05) is 53.5 Å². The van der Waals surface area contributed by atoms with Gasteiger partial charge in [-0.2, -0.15) is 0 Å². The van der Waals surface area contributed by atoms with Crippen LogP contribution in [-0.4, -0.2) is 35.9 Å². The summed E-state index contributed by atoms with van der Waals surface area (Å²) < 4.78 is 6.62. The van der Waals surface area contributed by atoms with Gasteiger partial charge >= 0.3 is 0 Å². The van der Waals surface area contributed by atoms with E-state index >= 15 is 0 Å². The molecule has 0 heterocycles. The average molecular weight is 510 g/mol. The van der Waals surface area contributed by atoms with Crippen molar-refractivity contribution in [2.75, 3.05) is 13.2 Å². The molecule has 0 aliphatic carbocycles. The highest BCUT2D eigenvalue weighted by Gasteiger charge is 2.25. The zero-order chi connectivity index (χ0) is 22.8. The van der Waals surface area contributed by atoms with Crippen LogP contribution in [0.3, 0.4) is 0 Å². The summed E-state index contributed by atoms with van der Waals surface area (Å²) in [6.07, 6.45) is 0.847. The van der Waals surface area contributed by atoms with E-state index in [-0.39, 0.29) is 11.8 Å². The van der Waals surface area contributed by atoms with Gasteiger partial charge in [-0.05, 0) is 61.2 Å². The number of carbonyl (C=O) groups is 2. The van der Waals surface area contributed by atoms with Gasteiger partial charge in [0.05, 0.1) is 6.61 Å². The molecule has 2 aromatic rings. The van der Waals surface area contributed by atoms with Crippen molar-refractivity contribution < 1.29 is 14.3 Å². The Morgan fingerprint density at radius 3 is 2.48 bits per heavy atom. The third-order valence-corrected chi connectivity index (χ3v) is 5.46. The largest absolute Gasteiger partial charge is 0.494 e. The SMILES string of the molecule is CC(C)CNC(=O)[C@H](C)N(Cc1cccc(Br)c1)C(=O)CCCOc1ccc(Cl)cc1. The van der Waals surface area contributed by atoms with E-state index in [0.717, 1.165) is 10.0 Å². The quantitative estimate of drug-likeness (QED) is 0.410. The minimum atomic E-state index is -0.567. The third kappa shape index (κ3) is 8.91. The average Bonchev–Trinajstić information content (AvgIpc) is 2.74. The maximum absolute atomic E-state index is 13.0. The van der Waals surface area contributed by atoms with E-state index in [9.17, 15) is 9.59 Å². The highest BCUT2D eigenvalue weighted by Crippen LogP contribution is 2.18. The van der Waals surface area contributed by atoms with Gasteiger partial charge in [0.25, 0.3) is 0 Å². The van der Waals surface area contributed by atoms with E-state index in [2.05, 4.69) is 21.2 Å². The predicted molar refractivity (Wildman–Crippen MR) is 128 cm³/mol. The van der Waals surface area contributed by atoms with Crippen molar-refractivity contribution in [3.8, 4) is 5.75 Å². The molecule has 0 bridgehead atoms. The molecule has 1 N–H and O–H groups in total. The first-order valence-electron chi connectivity index (χ1n) is 10.5. The van der Waals surface area contributed by atoms with Crippen molar-refractivity contribution in [2.45, 2.75) is 46.2 Å². The van der Waals surface area contributed by atoms with Crippen molar-refractivity contribution in [3.05, 3.63) is 63.6 Å². The van der Waals surface area contributed by atoms with Gasteiger partial charge in [0, 0.05) is 29.0 Å². The van der Waals surface area contributed by atoms with Crippen molar-refractivity contribution in [1.29, 1.82) is 0 Å². The van der Waals surface area contributed by atoms with Crippen LogP contribution in [0.4, 0.5) is 0 Å². The van der Waals surface area contributed by atoms with Gasteiger partial charge in [0.2, 0.25) is 11.8 Å². The molecule has 0 fully saturated rings. The molecular formula is C24H30BrClN2O3. The predicted octanol–water partition coefficient (Wildman–Crippen LogP) is 5.45. The number of rotatable bonds is 11. The number of halogens is 2. The van der Waals surface area contributed by atoms with Crippen molar-refractivity contribution in [3.63, 3.8) is 0 Å². The van der Waals surface area contributed by atoms with Crippen LogP contribution in [0.15, 0.2) is 53.0 Å². The number of hydrogen-bond donors (Lipinski definition) is 1. The van der Waals surface area contributed by atoms with Crippen LogP contribution in [0.25, 0.3) is 0 Å². The topological polar surface area (TPSA) is 58.6 Å². The van der Waals surface area contributed by atoms with Gasteiger partial charge < -0.3 is 15.0 Å². The molecule has 0 aromatic heterocycles. The standard InChI is InChI=1S/C24H30BrClN2O3/c1-17(2)15-27-24(30)18(3)28(16-19-6-4-7-20(25)14-19)23(29)8-5-13-31-22-11-9-21(26)10-12-22/h4,6-7,9-12,14,17-18H,5,8,13,15-16H2,1-3H3,(H,27,30)/t18-/m0/s1. The summed E-state index contributed by atoms with van der Waals surface area (Å²) in [5.41, 5.74) is 0.962. The normalized spacial score (nSPS) is 11.8. The minimum absolute atomic E-state index is 0.0770. The summed E-state index contributed by atoms with van der Waals surface area (Å²) in [7, 11) is 0. The van der Waals surface area contributed by atoms with Crippen LogP contribution in [0.5, 0.6) is 5.75 Å². The van der Waals surface area contributed by atoms with Gasteiger partial charge in [-0.15, -0.1) is 0 Å². The summed E-state index contributed by atoms with van der Waals surface area (Å²) in [6, 6.07) is 14.3. The fourth-order valence-corrected chi connectivity index (χ4v) is 3.53. The fourth-order valence-electron chi connectivity index (χ4n) is 2.95. The lowest BCUT2D eigenvalue weighted by atomic mass is 10.1. The molecular weight excluding hydrogens is 480 g/mol. The van der Waals surface area contributed by atoms with E-state index in [1.807, 2.05) is 38.1 Å². The molecule has 0 unspecified atom stereocenters. The number of nitrogens with one attached hydrogen (secondary N) is 1. The Morgan fingerprint density at radius 1 is 1.13 bits per heavy atom. The van der Waals surface area contributed by atoms with Crippen LogP contribution in [0, 0.1) is 5.92 Å². The molecule has 2 aromatic carbocycles. The van der Waals surface area contributed by atoms with E-state index in [0.29, 0.717) is 49.2 Å². The Kier molecular flexibility index (Phi) is 10.3. The summed E-state index contributed by atoms with van der Waals surface area (Å²) in [6.45, 7) is 7.21. The Labute approximate surface area is 198 Å². The Morgan fingerprint density at radius 2 is 1.84 bits per heavy atom. The van der Waals surface area contributed by atoms with Crippen LogP contribution in [0.2, 0.25) is 5.02 Å². The number of benzene rings is 2. The molecule has 7 heteroatoms. The number of nitrogens with zero attached hydrogens (tertiary/aromatic N) is 1. The smallest absolute Gasteiger partial charge is 0.242 e. The van der Waals surface area contributed by atoms with E-state index in [1.165, 1.54) is 0 Å². The lowest BCUT2D eigenvalue weighted by molar-refractivity contribution is -0.140. The lowest BCUT2D eigenvalue weighted by Crippen LogP contribution is -2.48. The highest BCUT2D eigenvalue weighted by atomic mass is 79.9. The molecule has 168 valence electrons. The Balaban J connectivity index is 1.98. The monoisotopic (exact) mass is 508 g/mol. The molecule has 2 rings (SSSR count). The Bertz CT molecular complexity index is 858. The molecule has 0 radical (unpaired) electrons. The number of carbonyl (C=O) groups excluding carboxylic acids is 2. The van der Waals surface area contributed by atoms with Crippen LogP contribution in [0.1, 0.15) is 39.2 Å². The van der Waals surface area contributed by atoms with Gasteiger partial charge in [-0.3, -0.25) is 9.59 Å². The Hall–Kier alpha value is -2.05. The van der Waals surface area contributed by atoms with Crippen molar-refractivity contribution in [2.24, 2.45) is 5.92 Å². The van der Waals surface area contributed by atoms with E-state index in [1.54, 1.807) is 36.1 Å². The summed E-state index contributed by atoms with van der Waals surface area (Å²) >= 11 is 9.35. The number of hydrogen-bond acceptors (Lipinski definition) is 3. The first-order valence-corrected chi connectivity index (χ1v) is 11.6. The first kappa shape index (κ1) is 25.2. The summed E-state index contributed by atoms with van der Waals surface area (Å²) in [5, 5.41) is 3.58. The molecule has 0 aliphatic heterocycles. The zero-order valence-corrected chi connectivity index (χ0v) is 20.6. The van der Waals surface area contributed by atoms with E-state index < -0.39 is 6.04 Å². The lowest BCUT2D eigenvalue weighted by Gasteiger charge is -2.29. The molecule has 0 saturated carbocycles. The van der Waals surface area contributed by atoms with E-state index in [4.69, 9.17) is 16.3 Å². The van der Waals surface area contributed by atoms with Crippen LogP contribution >= 0.6 is 27.5 Å². The number of amides is 2. The van der Waals surface area contributed by atoms with Gasteiger partial charge in [-0.25, -0.2) is 0 Å². The van der Waals surface area contributed by atoms with Crippen molar-refractivity contribution in [1.82, 2.24) is 10.2 Å². The molecule has 0 aliphatic rings. The molecule has 2 amide bonds. The second kappa shape index (κ2) is 12.7. The molecule has 0 saturated heterocycles. The van der Waals surface area contributed by atoms with Gasteiger partial charge in [0.15, 0.2) is 0 Å². The van der Waals surface area contributed by atoms with Crippen molar-refractivity contribution >= 4 is 39.3 Å². The molecule has 31 heavy (non-hydrogen) atoms. The van der Waals surface area contributed by atoms with Crippen LogP contribution in [-0.2, 0) is 16.1 Å². The molecule has 5 nitrogen and oxygen atoms in total. The number of ether oxygens (including phenoxy) is 1. The van der Waals surface area contributed by atoms with Gasteiger partial charge in [0.1, 0.15) is 11.8 Å².